The topological polar surface area (TPSA) is 37.8 Å². The summed E-state index contributed by atoms with van der Waals surface area (Å²) >= 11 is 0. The van der Waals surface area contributed by atoms with Gasteiger partial charge in [-0.15, -0.1) is 0 Å². The molecule has 90 valence electrons. The smallest absolute Gasteiger partial charge is 0.223 e. The lowest BCUT2D eigenvalue weighted by atomic mass is 10.1. The number of hydrogen-bond acceptors (Lipinski definition) is 3. The van der Waals surface area contributed by atoms with E-state index < -0.39 is 0 Å². The third kappa shape index (κ3) is 3.16. The SMILES string of the molecule is CCCCC(C)Nc1ncc2ccccc2n1. The van der Waals surface area contributed by atoms with Gasteiger partial charge in [0.1, 0.15) is 0 Å². The second kappa shape index (κ2) is 5.62. The highest BCUT2D eigenvalue weighted by atomic mass is 15.1. The van der Waals surface area contributed by atoms with Crippen LogP contribution in [0.3, 0.4) is 0 Å². The van der Waals surface area contributed by atoms with Crippen LogP contribution in [0, 0.1) is 0 Å². The summed E-state index contributed by atoms with van der Waals surface area (Å²) in [6, 6.07) is 8.47. The second-order valence-corrected chi connectivity index (χ2v) is 4.44. The Morgan fingerprint density at radius 1 is 1.29 bits per heavy atom. The Bertz CT molecular complexity index is 482. The molecule has 0 saturated heterocycles. The van der Waals surface area contributed by atoms with Crippen molar-refractivity contribution in [1.82, 2.24) is 9.97 Å². The number of hydrogen-bond donors (Lipinski definition) is 1. The lowest BCUT2D eigenvalue weighted by molar-refractivity contribution is 0.641. The van der Waals surface area contributed by atoms with Crippen LogP contribution < -0.4 is 5.32 Å². The summed E-state index contributed by atoms with van der Waals surface area (Å²) in [5.41, 5.74) is 0.993. The standard InChI is InChI=1S/C14H19N3/c1-3-4-7-11(2)16-14-15-10-12-8-5-6-9-13(12)17-14/h5-6,8-11H,3-4,7H2,1-2H3,(H,15,16,17). The molecule has 3 nitrogen and oxygen atoms in total. The van der Waals surface area contributed by atoms with Gasteiger partial charge in [-0.05, 0) is 19.4 Å². The molecule has 1 N–H and O–H groups in total. The fourth-order valence-corrected chi connectivity index (χ4v) is 1.84. The van der Waals surface area contributed by atoms with E-state index in [1.807, 2.05) is 30.5 Å². The molecule has 0 aliphatic carbocycles. The van der Waals surface area contributed by atoms with Gasteiger partial charge < -0.3 is 5.32 Å². The fraction of sp³-hybridized carbons (Fsp3) is 0.429. The first-order chi connectivity index (χ1) is 8.29. The van der Waals surface area contributed by atoms with Gasteiger partial charge in [0.05, 0.1) is 5.52 Å². The van der Waals surface area contributed by atoms with Gasteiger partial charge >= 0.3 is 0 Å². The molecule has 17 heavy (non-hydrogen) atoms. The van der Waals surface area contributed by atoms with Crippen LogP contribution in [-0.2, 0) is 0 Å². The van der Waals surface area contributed by atoms with Crippen LogP contribution in [0.25, 0.3) is 10.9 Å². The third-order valence-corrected chi connectivity index (χ3v) is 2.86. The van der Waals surface area contributed by atoms with Gasteiger partial charge in [-0.1, -0.05) is 38.0 Å². The van der Waals surface area contributed by atoms with Crippen LogP contribution in [0.4, 0.5) is 5.95 Å². The second-order valence-electron chi connectivity index (χ2n) is 4.44. The maximum Gasteiger partial charge on any atom is 0.223 e. The molecule has 0 bridgehead atoms. The summed E-state index contributed by atoms with van der Waals surface area (Å²) in [5.74, 6) is 0.729. The highest BCUT2D eigenvalue weighted by molar-refractivity contribution is 5.78. The van der Waals surface area contributed by atoms with Crippen LogP contribution >= 0.6 is 0 Å². The molecule has 1 aromatic heterocycles. The molecule has 3 heteroatoms. The van der Waals surface area contributed by atoms with Crippen LogP contribution in [0.15, 0.2) is 30.5 Å². The van der Waals surface area contributed by atoms with Crippen LogP contribution in [0.1, 0.15) is 33.1 Å². The van der Waals surface area contributed by atoms with Crippen molar-refractivity contribution < 1.29 is 0 Å². The zero-order valence-corrected chi connectivity index (χ0v) is 10.5. The van der Waals surface area contributed by atoms with Gasteiger partial charge in [-0.2, -0.15) is 0 Å². The Labute approximate surface area is 102 Å². The van der Waals surface area contributed by atoms with E-state index in [0.717, 1.165) is 23.3 Å². The van der Waals surface area contributed by atoms with Crippen molar-refractivity contribution in [3.63, 3.8) is 0 Å². The minimum atomic E-state index is 0.427. The quantitative estimate of drug-likeness (QED) is 0.851. The summed E-state index contributed by atoms with van der Waals surface area (Å²) in [6.45, 7) is 4.38. The first-order valence-corrected chi connectivity index (χ1v) is 6.28. The number of nitrogens with one attached hydrogen (secondary N) is 1. The molecule has 1 aromatic carbocycles. The summed E-state index contributed by atoms with van der Waals surface area (Å²) in [5, 5.41) is 4.43. The van der Waals surface area contributed by atoms with E-state index in [0.29, 0.717) is 6.04 Å². The monoisotopic (exact) mass is 229 g/mol. The van der Waals surface area contributed by atoms with E-state index in [9.17, 15) is 0 Å². The van der Waals surface area contributed by atoms with Crippen molar-refractivity contribution in [2.24, 2.45) is 0 Å². The summed E-state index contributed by atoms with van der Waals surface area (Å²) in [7, 11) is 0. The van der Waals surface area contributed by atoms with E-state index in [1.54, 1.807) is 0 Å². The third-order valence-electron chi connectivity index (χ3n) is 2.86. The molecule has 2 rings (SSSR count). The molecular weight excluding hydrogens is 210 g/mol. The van der Waals surface area contributed by atoms with Crippen molar-refractivity contribution in [2.45, 2.75) is 39.2 Å². The summed E-state index contributed by atoms with van der Waals surface area (Å²) in [4.78, 5) is 8.83. The highest BCUT2D eigenvalue weighted by Gasteiger charge is 2.04. The largest absolute Gasteiger partial charge is 0.352 e. The normalized spacial score (nSPS) is 12.6. The molecule has 0 aliphatic heterocycles. The molecule has 0 radical (unpaired) electrons. The van der Waals surface area contributed by atoms with Crippen molar-refractivity contribution in [3.05, 3.63) is 30.5 Å². The Morgan fingerprint density at radius 3 is 2.94 bits per heavy atom. The Hall–Kier alpha value is -1.64. The maximum absolute atomic E-state index is 4.50. The van der Waals surface area contributed by atoms with E-state index in [4.69, 9.17) is 0 Å². The van der Waals surface area contributed by atoms with Crippen LogP contribution in [0.5, 0.6) is 0 Å². The first kappa shape index (κ1) is 11.8. The van der Waals surface area contributed by atoms with Gasteiger partial charge in [-0.25, -0.2) is 9.97 Å². The summed E-state index contributed by atoms with van der Waals surface area (Å²) in [6.07, 6.45) is 5.50. The zero-order valence-electron chi connectivity index (χ0n) is 10.5. The van der Waals surface area contributed by atoms with Gasteiger partial charge in [-0.3, -0.25) is 0 Å². The van der Waals surface area contributed by atoms with Crippen LogP contribution in [0.2, 0.25) is 0 Å². The Morgan fingerprint density at radius 2 is 2.12 bits per heavy atom. The number of aromatic nitrogens is 2. The van der Waals surface area contributed by atoms with E-state index in [2.05, 4.69) is 29.1 Å². The van der Waals surface area contributed by atoms with Crippen molar-refractivity contribution in [3.8, 4) is 0 Å². The number of para-hydroxylation sites is 1. The predicted molar refractivity (Wildman–Crippen MR) is 72.1 cm³/mol. The predicted octanol–water partition coefficient (Wildman–Crippen LogP) is 3.62. The van der Waals surface area contributed by atoms with E-state index >= 15 is 0 Å². The van der Waals surface area contributed by atoms with Gasteiger partial charge in [0.15, 0.2) is 0 Å². The molecule has 2 aromatic rings. The maximum atomic E-state index is 4.50. The lowest BCUT2D eigenvalue weighted by Gasteiger charge is -2.13. The molecule has 0 aliphatic rings. The molecule has 0 amide bonds. The summed E-state index contributed by atoms with van der Waals surface area (Å²) < 4.78 is 0. The fourth-order valence-electron chi connectivity index (χ4n) is 1.84. The van der Waals surface area contributed by atoms with E-state index in [-0.39, 0.29) is 0 Å². The molecule has 0 saturated carbocycles. The Balaban J connectivity index is 2.08. The molecule has 0 spiro atoms. The van der Waals surface area contributed by atoms with Crippen molar-refractivity contribution >= 4 is 16.9 Å². The number of anilines is 1. The number of nitrogens with zero attached hydrogens (tertiary/aromatic N) is 2. The number of unbranched alkanes of at least 4 members (excludes halogenated alkanes) is 1. The molecule has 1 atom stereocenters. The first-order valence-electron chi connectivity index (χ1n) is 6.28. The molecule has 1 heterocycles. The minimum Gasteiger partial charge on any atom is -0.352 e. The van der Waals surface area contributed by atoms with E-state index in [1.165, 1.54) is 12.8 Å². The molecule has 0 fully saturated rings. The van der Waals surface area contributed by atoms with Crippen LogP contribution in [-0.4, -0.2) is 16.0 Å². The van der Waals surface area contributed by atoms with Gasteiger partial charge in [0, 0.05) is 17.6 Å². The zero-order chi connectivity index (χ0) is 12.1. The van der Waals surface area contributed by atoms with Gasteiger partial charge in [0.25, 0.3) is 0 Å². The minimum absolute atomic E-state index is 0.427. The Kier molecular flexibility index (Phi) is 3.91. The molecular formula is C14H19N3. The number of benzene rings is 1. The number of rotatable bonds is 5. The lowest BCUT2D eigenvalue weighted by Crippen LogP contribution is -2.16. The average Bonchev–Trinajstić information content (AvgIpc) is 2.36. The number of fused-ring (bicyclic) bond motifs is 1. The highest BCUT2D eigenvalue weighted by Crippen LogP contribution is 2.13. The van der Waals surface area contributed by atoms with Gasteiger partial charge in [0.2, 0.25) is 5.95 Å². The van der Waals surface area contributed by atoms with Crippen molar-refractivity contribution in [1.29, 1.82) is 0 Å². The van der Waals surface area contributed by atoms with Crippen molar-refractivity contribution in [2.75, 3.05) is 5.32 Å². The average molecular weight is 229 g/mol. The molecule has 1 unspecified atom stereocenters.